The van der Waals surface area contributed by atoms with Gasteiger partial charge in [-0.25, -0.2) is 4.39 Å². The Morgan fingerprint density at radius 2 is 1.83 bits per heavy atom. The lowest BCUT2D eigenvalue weighted by atomic mass is 10.2. The summed E-state index contributed by atoms with van der Waals surface area (Å²) in [6.45, 7) is 1.09. The SMILES string of the molecule is COc1ccc(COCCNC(=O)c2cc(F)ccc2OC)cc1. The minimum atomic E-state index is -0.489. The average Bonchev–Trinajstić information content (AvgIpc) is 2.61. The zero-order valence-corrected chi connectivity index (χ0v) is 13.7. The summed E-state index contributed by atoms with van der Waals surface area (Å²) in [5.74, 6) is 0.221. The zero-order valence-electron chi connectivity index (χ0n) is 13.7. The molecule has 128 valence electrons. The van der Waals surface area contributed by atoms with Crippen molar-refractivity contribution in [2.24, 2.45) is 0 Å². The van der Waals surface area contributed by atoms with E-state index in [4.69, 9.17) is 14.2 Å². The molecule has 0 unspecified atom stereocenters. The molecule has 5 nitrogen and oxygen atoms in total. The van der Waals surface area contributed by atoms with E-state index in [2.05, 4.69) is 5.32 Å². The van der Waals surface area contributed by atoms with Crippen molar-refractivity contribution < 1.29 is 23.4 Å². The fourth-order valence-electron chi connectivity index (χ4n) is 2.10. The summed E-state index contributed by atoms with van der Waals surface area (Å²) in [5.41, 5.74) is 1.17. The van der Waals surface area contributed by atoms with E-state index in [0.717, 1.165) is 17.4 Å². The third-order valence-corrected chi connectivity index (χ3v) is 3.37. The number of methoxy groups -OCH3 is 2. The fraction of sp³-hybridized carbons (Fsp3) is 0.278. The van der Waals surface area contributed by atoms with Crippen LogP contribution in [-0.2, 0) is 11.3 Å². The van der Waals surface area contributed by atoms with E-state index in [1.54, 1.807) is 7.11 Å². The number of halogens is 1. The monoisotopic (exact) mass is 333 g/mol. The highest BCUT2D eigenvalue weighted by atomic mass is 19.1. The van der Waals surface area contributed by atoms with Crippen molar-refractivity contribution in [1.82, 2.24) is 5.32 Å². The number of hydrogen-bond donors (Lipinski definition) is 1. The minimum absolute atomic E-state index is 0.160. The Labute approximate surface area is 140 Å². The second-order valence-electron chi connectivity index (χ2n) is 5.00. The Morgan fingerprint density at radius 1 is 1.08 bits per heavy atom. The molecule has 0 heterocycles. The summed E-state index contributed by atoms with van der Waals surface area (Å²) in [7, 11) is 3.05. The fourth-order valence-corrected chi connectivity index (χ4v) is 2.10. The van der Waals surface area contributed by atoms with Crippen LogP contribution in [0.15, 0.2) is 42.5 Å². The molecule has 1 amide bonds. The van der Waals surface area contributed by atoms with Gasteiger partial charge in [-0.15, -0.1) is 0 Å². The van der Waals surface area contributed by atoms with Crippen LogP contribution in [0, 0.1) is 5.82 Å². The van der Waals surface area contributed by atoms with Gasteiger partial charge in [0.25, 0.3) is 5.91 Å². The summed E-state index contributed by atoms with van der Waals surface area (Å²) in [4.78, 5) is 12.1. The number of carbonyl (C=O) groups is 1. The van der Waals surface area contributed by atoms with E-state index in [-0.39, 0.29) is 5.56 Å². The van der Waals surface area contributed by atoms with Crippen molar-refractivity contribution in [1.29, 1.82) is 0 Å². The summed E-state index contributed by atoms with van der Waals surface area (Å²) in [6.07, 6.45) is 0. The van der Waals surface area contributed by atoms with Crippen LogP contribution >= 0.6 is 0 Å². The predicted molar refractivity (Wildman–Crippen MR) is 87.9 cm³/mol. The Kier molecular flexibility index (Phi) is 6.57. The smallest absolute Gasteiger partial charge is 0.255 e. The van der Waals surface area contributed by atoms with Gasteiger partial charge in [-0.3, -0.25) is 4.79 Å². The van der Waals surface area contributed by atoms with Crippen LogP contribution in [0.3, 0.4) is 0 Å². The Morgan fingerprint density at radius 3 is 2.50 bits per heavy atom. The second kappa shape index (κ2) is 8.88. The molecule has 2 aromatic carbocycles. The normalized spacial score (nSPS) is 10.3. The van der Waals surface area contributed by atoms with Gasteiger partial charge in [-0.05, 0) is 35.9 Å². The van der Waals surface area contributed by atoms with Crippen molar-refractivity contribution in [3.8, 4) is 11.5 Å². The minimum Gasteiger partial charge on any atom is -0.497 e. The van der Waals surface area contributed by atoms with Gasteiger partial charge in [-0.2, -0.15) is 0 Å². The first kappa shape index (κ1) is 17.7. The molecule has 0 atom stereocenters. The van der Waals surface area contributed by atoms with E-state index >= 15 is 0 Å². The molecule has 0 radical (unpaired) electrons. The van der Waals surface area contributed by atoms with E-state index in [9.17, 15) is 9.18 Å². The first-order chi connectivity index (χ1) is 11.6. The van der Waals surface area contributed by atoms with Crippen LogP contribution in [-0.4, -0.2) is 33.3 Å². The van der Waals surface area contributed by atoms with Crippen LogP contribution in [0.4, 0.5) is 4.39 Å². The maximum atomic E-state index is 13.3. The van der Waals surface area contributed by atoms with Crippen molar-refractivity contribution in [2.75, 3.05) is 27.4 Å². The molecule has 0 fully saturated rings. The number of carbonyl (C=O) groups excluding carboxylic acids is 1. The van der Waals surface area contributed by atoms with Gasteiger partial charge in [0, 0.05) is 6.54 Å². The van der Waals surface area contributed by atoms with Crippen LogP contribution in [0.2, 0.25) is 0 Å². The van der Waals surface area contributed by atoms with Crippen LogP contribution in [0.1, 0.15) is 15.9 Å². The summed E-state index contributed by atoms with van der Waals surface area (Å²) in [5, 5.41) is 2.67. The van der Waals surface area contributed by atoms with E-state index in [0.29, 0.717) is 25.5 Å². The Hall–Kier alpha value is -2.60. The lowest BCUT2D eigenvalue weighted by molar-refractivity contribution is 0.0897. The van der Waals surface area contributed by atoms with Crippen molar-refractivity contribution in [3.63, 3.8) is 0 Å². The number of hydrogen-bond acceptors (Lipinski definition) is 4. The van der Waals surface area contributed by atoms with Gasteiger partial charge in [0.05, 0.1) is 33.0 Å². The standard InChI is InChI=1S/C18H20FNO4/c1-22-15-6-3-13(4-7-15)12-24-10-9-20-18(21)16-11-14(19)5-8-17(16)23-2/h3-8,11H,9-10,12H2,1-2H3,(H,20,21). The summed E-state index contributed by atoms with van der Waals surface area (Å²) < 4.78 is 28.9. The lowest BCUT2D eigenvalue weighted by Gasteiger charge is -2.10. The molecule has 0 aliphatic carbocycles. The van der Waals surface area contributed by atoms with E-state index in [1.807, 2.05) is 24.3 Å². The van der Waals surface area contributed by atoms with Gasteiger partial charge in [0.1, 0.15) is 17.3 Å². The first-order valence-corrected chi connectivity index (χ1v) is 7.46. The van der Waals surface area contributed by atoms with Gasteiger partial charge < -0.3 is 19.5 Å². The first-order valence-electron chi connectivity index (χ1n) is 7.46. The second-order valence-corrected chi connectivity index (χ2v) is 5.00. The number of amides is 1. The molecule has 1 N–H and O–H groups in total. The summed E-state index contributed by atoms with van der Waals surface area (Å²) in [6, 6.07) is 11.3. The van der Waals surface area contributed by atoms with Crippen LogP contribution < -0.4 is 14.8 Å². The zero-order chi connectivity index (χ0) is 17.4. The number of ether oxygens (including phenoxy) is 3. The highest BCUT2D eigenvalue weighted by Gasteiger charge is 2.12. The summed E-state index contributed by atoms with van der Waals surface area (Å²) >= 11 is 0. The Balaban J connectivity index is 1.75. The van der Waals surface area contributed by atoms with Crippen molar-refractivity contribution in [2.45, 2.75) is 6.61 Å². The lowest BCUT2D eigenvalue weighted by Crippen LogP contribution is -2.27. The maximum absolute atomic E-state index is 13.3. The molecule has 0 bridgehead atoms. The highest BCUT2D eigenvalue weighted by molar-refractivity contribution is 5.96. The number of nitrogens with one attached hydrogen (secondary N) is 1. The molecule has 0 saturated heterocycles. The van der Waals surface area contributed by atoms with E-state index in [1.165, 1.54) is 19.2 Å². The van der Waals surface area contributed by atoms with Crippen molar-refractivity contribution in [3.05, 3.63) is 59.4 Å². The van der Waals surface area contributed by atoms with Crippen molar-refractivity contribution >= 4 is 5.91 Å². The topological polar surface area (TPSA) is 56.8 Å². The van der Waals surface area contributed by atoms with E-state index < -0.39 is 11.7 Å². The molecule has 0 aliphatic heterocycles. The van der Waals surface area contributed by atoms with Gasteiger partial charge in [-0.1, -0.05) is 12.1 Å². The number of benzene rings is 2. The van der Waals surface area contributed by atoms with Gasteiger partial charge >= 0.3 is 0 Å². The van der Waals surface area contributed by atoms with Gasteiger partial charge in [0.15, 0.2) is 0 Å². The molecule has 24 heavy (non-hydrogen) atoms. The highest BCUT2D eigenvalue weighted by Crippen LogP contribution is 2.19. The quantitative estimate of drug-likeness (QED) is 0.755. The average molecular weight is 333 g/mol. The number of rotatable bonds is 8. The largest absolute Gasteiger partial charge is 0.497 e. The maximum Gasteiger partial charge on any atom is 0.255 e. The molecular weight excluding hydrogens is 313 g/mol. The molecule has 2 aromatic rings. The molecule has 0 saturated carbocycles. The molecule has 2 rings (SSSR count). The Bertz CT molecular complexity index is 673. The molecule has 0 aliphatic rings. The molecule has 6 heteroatoms. The van der Waals surface area contributed by atoms with Crippen LogP contribution in [0.25, 0.3) is 0 Å². The third kappa shape index (κ3) is 4.96. The van der Waals surface area contributed by atoms with Gasteiger partial charge in [0.2, 0.25) is 0 Å². The molecule has 0 aromatic heterocycles. The third-order valence-electron chi connectivity index (χ3n) is 3.37. The predicted octanol–water partition coefficient (Wildman–Crippen LogP) is 2.79. The molecule has 0 spiro atoms. The van der Waals surface area contributed by atoms with Crippen LogP contribution in [0.5, 0.6) is 11.5 Å². The molecular formula is C18H20FNO4.